The Kier molecular flexibility index (Phi) is 7.32. The van der Waals surface area contributed by atoms with Crippen LogP contribution in [0.2, 0.25) is 0 Å². The van der Waals surface area contributed by atoms with E-state index in [0.717, 1.165) is 0 Å². The summed E-state index contributed by atoms with van der Waals surface area (Å²) < 4.78 is 5.51. The van der Waals surface area contributed by atoms with Gasteiger partial charge in [0.25, 0.3) is 5.91 Å². The molecule has 0 saturated heterocycles. The van der Waals surface area contributed by atoms with Crippen LogP contribution in [0, 0.1) is 5.92 Å². The second-order valence-corrected chi connectivity index (χ2v) is 6.12. The minimum atomic E-state index is -0.983. The number of carboxylic acids is 1. The van der Waals surface area contributed by atoms with Crippen molar-refractivity contribution in [2.75, 3.05) is 30.8 Å². The summed E-state index contributed by atoms with van der Waals surface area (Å²) in [5, 5.41) is 14.3. The van der Waals surface area contributed by atoms with Crippen molar-refractivity contribution in [3.63, 3.8) is 0 Å². The normalized spacial score (nSPS) is 11.2. The monoisotopic (exact) mass is 386 g/mol. The molecule has 0 spiro atoms. The van der Waals surface area contributed by atoms with Gasteiger partial charge in [-0.3, -0.25) is 14.6 Å². The number of anilines is 2. The lowest BCUT2D eigenvalue weighted by Gasteiger charge is -2.21. The van der Waals surface area contributed by atoms with E-state index in [4.69, 9.17) is 9.84 Å². The molecule has 0 fully saturated rings. The smallest absolute Gasteiger partial charge is 0.321 e. The molecule has 0 aliphatic carbocycles. The average Bonchev–Trinajstić information content (AvgIpc) is 2.67. The van der Waals surface area contributed by atoms with Gasteiger partial charge in [-0.1, -0.05) is 19.1 Å². The number of carbonyl (C=O) groups excluding carboxylic acids is 2. The van der Waals surface area contributed by atoms with Crippen LogP contribution < -0.4 is 15.4 Å². The third-order valence-corrected chi connectivity index (χ3v) is 3.75. The summed E-state index contributed by atoms with van der Waals surface area (Å²) in [6, 6.07) is 9.57. The van der Waals surface area contributed by atoms with E-state index in [-0.39, 0.29) is 19.1 Å². The van der Waals surface area contributed by atoms with Crippen molar-refractivity contribution in [3.8, 4) is 5.75 Å². The van der Waals surface area contributed by atoms with Gasteiger partial charge in [-0.2, -0.15) is 0 Å². The Bertz CT molecular complexity index is 828. The van der Waals surface area contributed by atoms with E-state index < -0.39 is 17.9 Å². The molecule has 148 valence electrons. The van der Waals surface area contributed by atoms with E-state index >= 15 is 0 Å². The van der Waals surface area contributed by atoms with E-state index in [1.807, 2.05) is 0 Å². The lowest BCUT2D eigenvalue weighted by atomic mass is 10.2. The van der Waals surface area contributed by atoms with Crippen molar-refractivity contribution in [1.29, 1.82) is 0 Å². The van der Waals surface area contributed by atoms with Gasteiger partial charge < -0.3 is 25.4 Å². The Morgan fingerprint density at radius 3 is 2.61 bits per heavy atom. The Hall–Kier alpha value is -3.62. The topological polar surface area (TPSA) is 121 Å². The molecule has 1 aromatic heterocycles. The number of hydrogen-bond donors (Lipinski definition) is 3. The number of benzene rings is 1. The van der Waals surface area contributed by atoms with E-state index in [9.17, 15) is 14.4 Å². The fraction of sp³-hybridized carbons (Fsp3) is 0.263. The van der Waals surface area contributed by atoms with Gasteiger partial charge >= 0.3 is 12.0 Å². The molecule has 28 heavy (non-hydrogen) atoms. The summed E-state index contributed by atoms with van der Waals surface area (Å²) in [5.74, 6) is -1.74. The molecule has 0 aliphatic heterocycles. The standard InChI is InChI=1S/C19H22N4O5/c1-13(18(25)26)11-23(2)19(27)22-15-7-3-4-8-16(15)28-12-17(24)21-14-6-5-9-20-10-14/h3-10,13H,11-12H2,1-2H3,(H,21,24)(H,22,27)(H,25,26). The lowest BCUT2D eigenvalue weighted by molar-refractivity contribution is -0.141. The van der Waals surface area contributed by atoms with Gasteiger partial charge in [-0.25, -0.2) is 4.79 Å². The molecule has 0 saturated carbocycles. The summed E-state index contributed by atoms with van der Waals surface area (Å²) in [7, 11) is 1.50. The minimum Gasteiger partial charge on any atom is -0.482 e. The molecule has 1 heterocycles. The van der Waals surface area contributed by atoms with Crippen LogP contribution in [0.3, 0.4) is 0 Å². The second kappa shape index (κ2) is 9.91. The number of carbonyl (C=O) groups is 3. The van der Waals surface area contributed by atoms with Crippen molar-refractivity contribution < 1.29 is 24.2 Å². The van der Waals surface area contributed by atoms with Gasteiger partial charge in [0.15, 0.2) is 6.61 Å². The molecule has 9 heteroatoms. The average molecular weight is 386 g/mol. The summed E-state index contributed by atoms with van der Waals surface area (Å²) in [5.41, 5.74) is 0.920. The molecule has 1 aromatic carbocycles. The van der Waals surface area contributed by atoms with Crippen molar-refractivity contribution in [1.82, 2.24) is 9.88 Å². The number of ether oxygens (including phenoxy) is 1. The number of hydrogen-bond acceptors (Lipinski definition) is 5. The highest BCUT2D eigenvalue weighted by atomic mass is 16.5. The summed E-state index contributed by atoms with van der Waals surface area (Å²) in [6.45, 7) is 1.31. The molecule has 0 aliphatic rings. The van der Waals surface area contributed by atoms with Crippen molar-refractivity contribution in [2.24, 2.45) is 5.92 Å². The number of amides is 3. The zero-order valence-electron chi connectivity index (χ0n) is 15.6. The number of aromatic nitrogens is 1. The lowest BCUT2D eigenvalue weighted by Crippen LogP contribution is -2.36. The zero-order valence-corrected chi connectivity index (χ0v) is 15.6. The van der Waals surface area contributed by atoms with E-state index in [0.29, 0.717) is 17.1 Å². The van der Waals surface area contributed by atoms with Crippen molar-refractivity contribution >= 4 is 29.3 Å². The van der Waals surface area contributed by atoms with Crippen LogP contribution in [0.15, 0.2) is 48.8 Å². The summed E-state index contributed by atoms with van der Waals surface area (Å²) in [4.78, 5) is 40.4. The predicted molar refractivity (Wildman–Crippen MR) is 103 cm³/mol. The van der Waals surface area contributed by atoms with Crippen LogP contribution in [-0.2, 0) is 9.59 Å². The maximum atomic E-state index is 12.3. The molecule has 3 amide bonds. The molecular weight excluding hydrogens is 364 g/mol. The molecule has 9 nitrogen and oxygen atoms in total. The quantitative estimate of drug-likeness (QED) is 0.640. The van der Waals surface area contributed by atoms with Crippen LogP contribution in [0.5, 0.6) is 5.75 Å². The third-order valence-electron chi connectivity index (χ3n) is 3.75. The number of para-hydroxylation sites is 2. The Labute approximate surface area is 162 Å². The number of rotatable bonds is 8. The second-order valence-electron chi connectivity index (χ2n) is 6.12. The number of nitrogens with zero attached hydrogens (tertiary/aromatic N) is 2. The van der Waals surface area contributed by atoms with E-state index in [1.54, 1.807) is 42.6 Å². The van der Waals surface area contributed by atoms with Crippen LogP contribution in [0.4, 0.5) is 16.2 Å². The number of urea groups is 1. The van der Waals surface area contributed by atoms with Crippen molar-refractivity contribution in [3.05, 3.63) is 48.8 Å². The van der Waals surface area contributed by atoms with Gasteiger partial charge in [-0.15, -0.1) is 0 Å². The predicted octanol–water partition coefficient (Wildman–Crippen LogP) is 2.28. The van der Waals surface area contributed by atoms with Crippen molar-refractivity contribution in [2.45, 2.75) is 6.92 Å². The SMILES string of the molecule is CC(CN(C)C(=O)Nc1ccccc1OCC(=O)Nc1cccnc1)C(=O)O. The van der Waals surface area contributed by atoms with Gasteiger partial charge in [0, 0.05) is 19.8 Å². The van der Waals surface area contributed by atoms with Crippen LogP contribution in [-0.4, -0.2) is 53.1 Å². The highest BCUT2D eigenvalue weighted by Crippen LogP contribution is 2.24. The Morgan fingerprint density at radius 1 is 1.18 bits per heavy atom. The maximum absolute atomic E-state index is 12.3. The molecule has 0 radical (unpaired) electrons. The minimum absolute atomic E-state index is 0.0533. The Balaban J connectivity index is 1.94. The first-order chi connectivity index (χ1) is 13.4. The number of pyridine rings is 1. The zero-order chi connectivity index (χ0) is 20.5. The molecule has 2 aromatic rings. The highest BCUT2D eigenvalue weighted by Gasteiger charge is 2.18. The van der Waals surface area contributed by atoms with Gasteiger partial charge in [0.2, 0.25) is 0 Å². The van der Waals surface area contributed by atoms with Crippen LogP contribution in [0.25, 0.3) is 0 Å². The van der Waals surface area contributed by atoms with Crippen LogP contribution >= 0.6 is 0 Å². The summed E-state index contributed by atoms with van der Waals surface area (Å²) >= 11 is 0. The van der Waals surface area contributed by atoms with Crippen LogP contribution in [0.1, 0.15) is 6.92 Å². The number of nitrogens with one attached hydrogen (secondary N) is 2. The van der Waals surface area contributed by atoms with Gasteiger partial charge in [0.1, 0.15) is 5.75 Å². The first-order valence-electron chi connectivity index (χ1n) is 8.53. The molecule has 2 rings (SSSR count). The Morgan fingerprint density at radius 2 is 1.93 bits per heavy atom. The molecule has 1 unspecified atom stereocenters. The summed E-state index contributed by atoms with van der Waals surface area (Å²) in [6.07, 6.45) is 3.11. The molecule has 3 N–H and O–H groups in total. The largest absolute Gasteiger partial charge is 0.482 e. The van der Waals surface area contributed by atoms with Gasteiger partial charge in [-0.05, 0) is 24.3 Å². The highest BCUT2D eigenvalue weighted by molar-refractivity contribution is 5.93. The fourth-order valence-corrected chi connectivity index (χ4v) is 2.26. The van der Waals surface area contributed by atoms with E-state index in [1.165, 1.54) is 25.1 Å². The molecular formula is C19H22N4O5. The first kappa shape index (κ1) is 20.7. The third kappa shape index (κ3) is 6.27. The van der Waals surface area contributed by atoms with E-state index in [2.05, 4.69) is 15.6 Å². The number of aliphatic carboxylic acids is 1. The molecule has 1 atom stereocenters. The fourth-order valence-electron chi connectivity index (χ4n) is 2.26. The maximum Gasteiger partial charge on any atom is 0.321 e. The van der Waals surface area contributed by atoms with Gasteiger partial charge in [0.05, 0.1) is 23.5 Å². The molecule has 0 bridgehead atoms. The number of carboxylic acid groups (broad SMARTS) is 1. The first-order valence-corrected chi connectivity index (χ1v) is 8.53.